The number of nitrogen functional groups attached to an aromatic ring is 1. The fourth-order valence-electron chi connectivity index (χ4n) is 5.24. The van der Waals surface area contributed by atoms with Gasteiger partial charge in [-0.25, -0.2) is 23.3 Å². The standard InChI is InChI=1S/C27H35F2N6O7P/c1-16-20-21(33-25(30)32-16)35(15-31-20)24-26(3,37)23(28)27(29,41-24)14-39-43(38,42-19-12-8-5-9-13-19)34-17(2)22(36)40-18-10-6-4-7-11-18/h5,8-9,12-13,15,17-18,23-24,37H,4,6-7,10-11,14H2,1-3H3,(H,34,38)(H2,30,32,33)/t17?,23-,24+,26+,27+,43?/m0/s1. The quantitative estimate of drug-likeness (QED) is 0.218. The Balaban J connectivity index is 1.36. The number of nitrogens with two attached hydrogens (primary N) is 1. The fourth-order valence-corrected chi connectivity index (χ4v) is 6.75. The molecular formula is C27H35F2N6O7P. The smallest absolute Gasteiger partial charge is 0.459 e. The third-order valence-corrected chi connectivity index (χ3v) is 9.13. The van der Waals surface area contributed by atoms with Crippen molar-refractivity contribution in [1.82, 2.24) is 24.6 Å². The second-order valence-corrected chi connectivity index (χ2v) is 12.8. The van der Waals surface area contributed by atoms with Crippen LogP contribution in [0.15, 0.2) is 36.7 Å². The number of ether oxygens (including phenoxy) is 2. The topological polar surface area (TPSA) is 173 Å². The highest BCUT2D eigenvalue weighted by Crippen LogP contribution is 2.51. The van der Waals surface area contributed by atoms with Gasteiger partial charge in [-0.05, 0) is 58.6 Å². The van der Waals surface area contributed by atoms with Gasteiger partial charge >= 0.3 is 13.7 Å². The van der Waals surface area contributed by atoms with Gasteiger partial charge in [-0.1, -0.05) is 24.6 Å². The Kier molecular flexibility index (Phi) is 8.74. The van der Waals surface area contributed by atoms with Crippen LogP contribution in [0.2, 0.25) is 0 Å². The molecule has 16 heteroatoms. The first kappa shape index (κ1) is 31.2. The van der Waals surface area contributed by atoms with Crippen molar-refractivity contribution in [2.45, 2.75) is 88.9 Å². The first-order valence-corrected chi connectivity index (χ1v) is 15.5. The van der Waals surface area contributed by atoms with E-state index in [0.29, 0.717) is 5.69 Å². The molecule has 1 aromatic carbocycles. The number of carbonyl (C=O) groups excluding carboxylic acids is 1. The Morgan fingerprint density at radius 3 is 2.67 bits per heavy atom. The summed E-state index contributed by atoms with van der Waals surface area (Å²) < 4.78 is 68.8. The summed E-state index contributed by atoms with van der Waals surface area (Å²) in [6.45, 7) is 2.77. The van der Waals surface area contributed by atoms with Gasteiger partial charge in [0, 0.05) is 0 Å². The summed E-state index contributed by atoms with van der Waals surface area (Å²) in [6, 6.07) is 6.64. The number of hydrogen-bond donors (Lipinski definition) is 3. The summed E-state index contributed by atoms with van der Waals surface area (Å²) in [5.41, 5.74) is 4.07. The van der Waals surface area contributed by atoms with Crippen molar-refractivity contribution in [2.24, 2.45) is 0 Å². The van der Waals surface area contributed by atoms with Crippen LogP contribution in [-0.2, 0) is 23.4 Å². The highest BCUT2D eigenvalue weighted by molar-refractivity contribution is 7.52. The van der Waals surface area contributed by atoms with E-state index in [1.807, 2.05) is 0 Å². The fraction of sp³-hybridized carbons (Fsp3) is 0.556. The number of rotatable bonds is 10. The number of benzene rings is 1. The molecule has 2 aliphatic rings. The van der Waals surface area contributed by atoms with E-state index in [9.17, 15) is 14.5 Å². The molecule has 3 heterocycles. The molecular weight excluding hydrogens is 589 g/mol. The molecule has 13 nitrogen and oxygen atoms in total. The van der Waals surface area contributed by atoms with E-state index in [1.54, 1.807) is 25.1 Å². The second kappa shape index (κ2) is 12.0. The predicted molar refractivity (Wildman–Crippen MR) is 150 cm³/mol. The minimum Gasteiger partial charge on any atom is -0.461 e. The number of aliphatic hydroxyl groups is 1. The van der Waals surface area contributed by atoms with Gasteiger partial charge in [0.25, 0.3) is 5.85 Å². The van der Waals surface area contributed by atoms with Crippen LogP contribution in [0, 0.1) is 6.92 Å². The molecule has 234 valence electrons. The molecule has 0 bridgehead atoms. The molecule has 2 unspecified atom stereocenters. The van der Waals surface area contributed by atoms with E-state index in [0.717, 1.165) is 43.6 Å². The molecule has 43 heavy (non-hydrogen) atoms. The van der Waals surface area contributed by atoms with Crippen LogP contribution >= 0.6 is 7.75 Å². The first-order chi connectivity index (χ1) is 20.3. The van der Waals surface area contributed by atoms with Crippen molar-refractivity contribution in [1.29, 1.82) is 0 Å². The van der Waals surface area contributed by atoms with Crippen molar-refractivity contribution in [2.75, 3.05) is 12.3 Å². The first-order valence-electron chi connectivity index (χ1n) is 14.0. The van der Waals surface area contributed by atoms with E-state index >= 15 is 8.78 Å². The molecule has 6 atom stereocenters. The van der Waals surface area contributed by atoms with Crippen LogP contribution in [0.1, 0.15) is 57.9 Å². The van der Waals surface area contributed by atoms with Crippen molar-refractivity contribution < 1.29 is 41.8 Å². The Bertz CT molecular complexity index is 1510. The van der Waals surface area contributed by atoms with E-state index in [2.05, 4.69) is 20.0 Å². The SMILES string of the molecule is Cc1nc(N)nc2c1ncn2[C@@H]1O[C@](F)(COP(=O)(NC(C)C(=O)OC2CCCCC2)Oc2ccccc2)[C@@H](F)[C@@]1(C)O. The van der Waals surface area contributed by atoms with Crippen LogP contribution < -0.4 is 15.3 Å². The number of aryl methyl sites for hydroxylation is 1. The number of alkyl halides is 2. The lowest BCUT2D eigenvalue weighted by Crippen LogP contribution is -2.46. The van der Waals surface area contributed by atoms with Gasteiger partial charge in [-0.2, -0.15) is 10.1 Å². The van der Waals surface area contributed by atoms with Crippen molar-refractivity contribution in [3.8, 4) is 5.75 Å². The lowest BCUT2D eigenvalue weighted by atomic mass is 9.97. The maximum absolute atomic E-state index is 16.2. The summed E-state index contributed by atoms with van der Waals surface area (Å²) >= 11 is 0. The Labute approximate surface area is 246 Å². The number of hydrogen-bond acceptors (Lipinski definition) is 11. The number of fused-ring (bicyclic) bond motifs is 1. The molecule has 0 amide bonds. The lowest BCUT2D eigenvalue weighted by Gasteiger charge is -2.28. The number of para-hydroxylation sites is 1. The third kappa shape index (κ3) is 6.50. The summed E-state index contributed by atoms with van der Waals surface area (Å²) in [5, 5.41) is 13.5. The number of esters is 1. The average Bonchev–Trinajstić information content (AvgIpc) is 3.46. The lowest BCUT2D eigenvalue weighted by molar-refractivity contribution is -0.192. The van der Waals surface area contributed by atoms with E-state index in [-0.39, 0.29) is 29.0 Å². The molecule has 2 fully saturated rings. The van der Waals surface area contributed by atoms with Crippen LogP contribution in [0.3, 0.4) is 0 Å². The van der Waals surface area contributed by atoms with Gasteiger partial charge in [0.1, 0.15) is 35.6 Å². The molecule has 2 aromatic heterocycles. The zero-order chi connectivity index (χ0) is 31.0. The Morgan fingerprint density at radius 1 is 1.28 bits per heavy atom. The number of nitrogens with zero attached hydrogens (tertiary/aromatic N) is 4. The summed E-state index contributed by atoms with van der Waals surface area (Å²) in [4.78, 5) is 25.1. The predicted octanol–water partition coefficient (Wildman–Crippen LogP) is 4.06. The molecule has 5 rings (SSSR count). The molecule has 3 aromatic rings. The summed E-state index contributed by atoms with van der Waals surface area (Å²) in [5.74, 6) is -4.06. The minimum atomic E-state index is -4.58. The molecule has 1 saturated heterocycles. The van der Waals surface area contributed by atoms with Gasteiger partial charge in [0.05, 0.1) is 12.0 Å². The van der Waals surface area contributed by atoms with Gasteiger partial charge in [-0.3, -0.25) is 13.9 Å². The van der Waals surface area contributed by atoms with Crippen LogP contribution in [0.25, 0.3) is 11.2 Å². The van der Waals surface area contributed by atoms with Crippen LogP contribution in [0.4, 0.5) is 14.7 Å². The van der Waals surface area contributed by atoms with Crippen LogP contribution in [-0.4, -0.2) is 67.0 Å². The second-order valence-electron chi connectivity index (χ2n) is 11.1. The Hall–Kier alpha value is -3.23. The highest BCUT2D eigenvalue weighted by atomic mass is 31.2. The zero-order valence-electron chi connectivity index (χ0n) is 24.0. The van der Waals surface area contributed by atoms with Crippen molar-refractivity contribution >= 4 is 30.8 Å². The minimum absolute atomic E-state index is 0.0747. The van der Waals surface area contributed by atoms with Gasteiger partial charge < -0.3 is 24.8 Å². The number of carbonyl (C=O) groups is 1. The Morgan fingerprint density at radius 2 is 1.98 bits per heavy atom. The van der Waals surface area contributed by atoms with Gasteiger partial charge in [0.2, 0.25) is 5.95 Å². The number of nitrogens with one attached hydrogen (secondary N) is 1. The third-order valence-electron chi connectivity index (χ3n) is 7.51. The van der Waals surface area contributed by atoms with Crippen molar-refractivity contribution in [3.63, 3.8) is 0 Å². The molecule has 0 spiro atoms. The maximum atomic E-state index is 16.2. The van der Waals surface area contributed by atoms with E-state index < -0.39 is 50.2 Å². The van der Waals surface area contributed by atoms with Gasteiger partial charge in [0.15, 0.2) is 18.0 Å². The molecule has 4 N–H and O–H groups in total. The molecule has 1 aliphatic carbocycles. The number of aromatic nitrogens is 4. The zero-order valence-corrected chi connectivity index (χ0v) is 24.9. The molecule has 1 saturated carbocycles. The summed E-state index contributed by atoms with van der Waals surface area (Å²) in [7, 11) is -4.58. The molecule has 0 radical (unpaired) electrons. The van der Waals surface area contributed by atoms with Crippen LogP contribution in [0.5, 0.6) is 5.75 Å². The van der Waals surface area contributed by atoms with E-state index in [4.69, 9.17) is 24.3 Å². The number of anilines is 1. The average molecular weight is 625 g/mol. The normalized spacial score (nSPS) is 28.4. The number of imidazole rings is 1. The monoisotopic (exact) mass is 624 g/mol. The van der Waals surface area contributed by atoms with Crippen molar-refractivity contribution in [3.05, 3.63) is 42.4 Å². The number of halogens is 2. The van der Waals surface area contributed by atoms with E-state index in [1.165, 1.54) is 25.4 Å². The summed E-state index contributed by atoms with van der Waals surface area (Å²) in [6.07, 6.45) is 0.915. The highest BCUT2D eigenvalue weighted by Gasteiger charge is 2.65. The van der Waals surface area contributed by atoms with Gasteiger partial charge in [-0.15, -0.1) is 0 Å². The largest absolute Gasteiger partial charge is 0.461 e. The maximum Gasteiger partial charge on any atom is 0.459 e. The molecule has 1 aliphatic heterocycles.